The van der Waals surface area contributed by atoms with Gasteiger partial charge < -0.3 is 14.3 Å². The maximum atomic E-state index is 12.5. The highest BCUT2D eigenvalue weighted by Gasteiger charge is 2.18. The molecule has 0 atom stereocenters. The first kappa shape index (κ1) is 17.5. The summed E-state index contributed by atoms with van der Waals surface area (Å²) in [5, 5.41) is 12.1. The van der Waals surface area contributed by atoms with Crippen LogP contribution in [0.3, 0.4) is 0 Å². The van der Waals surface area contributed by atoms with Crippen molar-refractivity contribution in [3.63, 3.8) is 0 Å². The number of urea groups is 1. The number of fused-ring (bicyclic) bond motifs is 1. The van der Waals surface area contributed by atoms with Gasteiger partial charge in [0.1, 0.15) is 16.3 Å². The van der Waals surface area contributed by atoms with E-state index in [1.54, 1.807) is 31.3 Å². The summed E-state index contributed by atoms with van der Waals surface area (Å²) in [5.74, 6) is -0.825. The molecule has 3 rings (SSSR count). The molecule has 0 aliphatic carbocycles. The van der Waals surface area contributed by atoms with Crippen molar-refractivity contribution in [2.45, 2.75) is 0 Å². The summed E-state index contributed by atoms with van der Waals surface area (Å²) in [6.45, 7) is 0. The SMILES string of the molecule is COc1ccccc1N(C)C(=O)Nc1cc2oc(=O)c(C(=O)O)cc2s1. The van der Waals surface area contributed by atoms with Crippen LogP contribution in [-0.2, 0) is 0 Å². The van der Waals surface area contributed by atoms with Gasteiger partial charge in [-0.05, 0) is 18.2 Å². The monoisotopic (exact) mass is 374 g/mol. The zero-order valence-corrected chi connectivity index (χ0v) is 14.6. The zero-order chi connectivity index (χ0) is 18.8. The number of thiophene rings is 1. The van der Waals surface area contributed by atoms with E-state index in [2.05, 4.69) is 5.32 Å². The van der Waals surface area contributed by atoms with Crippen molar-refractivity contribution in [3.05, 3.63) is 52.4 Å². The molecule has 0 saturated heterocycles. The van der Waals surface area contributed by atoms with Gasteiger partial charge in [-0.1, -0.05) is 12.1 Å². The van der Waals surface area contributed by atoms with Crippen molar-refractivity contribution in [2.24, 2.45) is 0 Å². The van der Waals surface area contributed by atoms with Gasteiger partial charge in [-0.25, -0.2) is 14.4 Å². The molecule has 9 heteroatoms. The van der Waals surface area contributed by atoms with Crippen molar-refractivity contribution < 1.29 is 23.8 Å². The second-order valence-corrected chi connectivity index (χ2v) is 6.34. The Labute approximate surface area is 151 Å². The van der Waals surface area contributed by atoms with Gasteiger partial charge >= 0.3 is 17.6 Å². The second kappa shape index (κ2) is 6.89. The zero-order valence-electron chi connectivity index (χ0n) is 13.8. The average Bonchev–Trinajstić information content (AvgIpc) is 3.00. The summed E-state index contributed by atoms with van der Waals surface area (Å²) in [4.78, 5) is 36.5. The molecule has 2 aromatic heterocycles. The number of nitrogens with one attached hydrogen (secondary N) is 1. The number of hydrogen-bond donors (Lipinski definition) is 2. The maximum Gasteiger partial charge on any atom is 0.351 e. The number of anilines is 2. The Bertz CT molecular complexity index is 1050. The number of hydrogen-bond acceptors (Lipinski definition) is 6. The summed E-state index contributed by atoms with van der Waals surface area (Å²) in [6, 6.07) is 9.32. The highest BCUT2D eigenvalue weighted by molar-refractivity contribution is 7.22. The molecule has 0 fully saturated rings. The van der Waals surface area contributed by atoms with Crippen LogP contribution in [0.4, 0.5) is 15.5 Å². The Morgan fingerprint density at radius 3 is 2.69 bits per heavy atom. The molecular weight excluding hydrogens is 360 g/mol. The van der Waals surface area contributed by atoms with E-state index in [0.29, 0.717) is 21.1 Å². The maximum absolute atomic E-state index is 12.5. The van der Waals surface area contributed by atoms with Crippen LogP contribution in [-0.4, -0.2) is 31.3 Å². The van der Waals surface area contributed by atoms with Gasteiger partial charge in [-0.2, -0.15) is 0 Å². The third-order valence-corrected chi connectivity index (χ3v) is 4.61. The van der Waals surface area contributed by atoms with Crippen LogP contribution in [0.5, 0.6) is 5.75 Å². The molecular formula is C17H14N2O6S. The van der Waals surface area contributed by atoms with Gasteiger partial charge in [0.25, 0.3) is 0 Å². The van der Waals surface area contributed by atoms with Gasteiger partial charge in [0.2, 0.25) is 0 Å². The number of para-hydroxylation sites is 2. The van der Waals surface area contributed by atoms with E-state index in [1.165, 1.54) is 24.1 Å². The molecule has 2 heterocycles. The number of benzene rings is 1. The van der Waals surface area contributed by atoms with Gasteiger partial charge in [-0.3, -0.25) is 10.2 Å². The molecule has 3 aromatic rings. The molecule has 0 unspecified atom stereocenters. The number of methoxy groups -OCH3 is 1. The lowest BCUT2D eigenvalue weighted by atomic mass is 10.3. The Hall–Kier alpha value is -3.33. The number of nitrogens with zero attached hydrogens (tertiary/aromatic N) is 1. The van der Waals surface area contributed by atoms with E-state index in [1.807, 2.05) is 0 Å². The number of aromatic carboxylic acids is 1. The minimum absolute atomic E-state index is 0.209. The van der Waals surface area contributed by atoms with Gasteiger partial charge in [0.05, 0.1) is 17.5 Å². The number of rotatable bonds is 4. The highest BCUT2D eigenvalue weighted by Crippen LogP contribution is 2.31. The molecule has 1 aromatic carbocycles. The number of carbonyl (C=O) groups excluding carboxylic acids is 1. The lowest BCUT2D eigenvalue weighted by Gasteiger charge is -2.19. The van der Waals surface area contributed by atoms with E-state index >= 15 is 0 Å². The summed E-state index contributed by atoms with van der Waals surface area (Å²) in [6.07, 6.45) is 0. The number of ether oxygens (including phenoxy) is 1. The number of amides is 2. The molecule has 2 amide bonds. The minimum atomic E-state index is -1.37. The molecule has 0 aliphatic heterocycles. The number of carboxylic acids is 1. The van der Waals surface area contributed by atoms with Gasteiger partial charge in [-0.15, -0.1) is 11.3 Å². The normalized spacial score (nSPS) is 10.5. The van der Waals surface area contributed by atoms with E-state index in [-0.39, 0.29) is 5.58 Å². The molecule has 0 saturated carbocycles. The van der Waals surface area contributed by atoms with Crippen LogP contribution in [0.2, 0.25) is 0 Å². The molecule has 134 valence electrons. The highest BCUT2D eigenvalue weighted by atomic mass is 32.1. The quantitative estimate of drug-likeness (QED) is 0.726. The van der Waals surface area contributed by atoms with Gasteiger partial charge in [0.15, 0.2) is 5.58 Å². The van der Waals surface area contributed by atoms with Crippen LogP contribution in [0.1, 0.15) is 10.4 Å². The van der Waals surface area contributed by atoms with Crippen LogP contribution in [0.15, 0.2) is 45.6 Å². The molecule has 8 nitrogen and oxygen atoms in total. The summed E-state index contributed by atoms with van der Waals surface area (Å²) in [7, 11) is 3.10. The largest absolute Gasteiger partial charge is 0.495 e. The topological polar surface area (TPSA) is 109 Å². The molecule has 0 spiro atoms. The molecule has 0 radical (unpaired) electrons. The smallest absolute Gasteiger partial charge is 0.351 e. The summed E-state index contributed by atoms with van der Waals surface area (Å²) in [5.41, 5.74) is -0.608. The molecule has 2 N–H and O–H groups in total. The summed E-state index contributed by atoms with van der Waals surface area (Å²) >= 11 is 1.10. The van der Waals surface area contributed by atoms with Crippen LogP contribution >= 0.6 is 11.3 Å². The Morgan fingerprint density at radius 2 is 2.00 bits per heavy atom. The standard InChI is InChI=1S/C17H14N2O6S/c1-19(10-5-3-4-6-11(10)24-2)17(23)18-14-8-12-13(26-14)7-9(15(20)21)16(22)25-12/h3-8H,1-2H3,(H,18,23)(H,20,21). The first-order chi connectivity index (χ1) is 12.4. The third kappa shape index (κ3) is 3.24. The predicted octanol–water partition coefficient (Wildman–Crippen LogP) is 3.23. The third-order valence-electron chi connectivity index (χ3n) is 3.63. The fraction of sp³-hybridized carbons (Fsp3) is 0.118. The van der Waals surface area contributed by atoms with Crippen LogP contribution < -0.4 is 20.6 Å². The predicted molar refractivity (Wildman–Crippen MR) is 97.7 cm³/mol. The Balaban J connectivity index is 1.87. The molecule has 0 bridgehead atoms. The van der Waals surface area contributed by atoms with E-state index < -0.39 is 23.2 Å². The Morgan fingerprint density at radius 1 is 1.27 bits per heavy atom. The Kier molecular flexibility index (Phi) is 4.63. The number of carboxylic acid groups (broad SMARTS) is 1. The van der Waals surface area contributed by atoms with E-state index in [9.17, 15) is 14.4 Å². The minimum Gasteiger partial charge on any atom is -0.495 e. The second-order valence-electron chi connectivity index (χ2n) is 5.25. The van der Waals surface area contributed by atoms with Crippen molar-refractivity contribution >= 4 is 44.3 Å². The lowest BCUT2D eigenvalue weighted by Crippen LogP contribution is -2.31. The van der Waals surface area contributed by atoms with Crippen LogP contribution in [0, 0.1) is 0 Å². The first-order valence-corrected chi connectivity index (χ1v) is 8.21. The van der Waals surface area contributed by atoms with E-state index in [0.717, 1.165) is 11.3 Å². The molecule has 0 aliphatic rings. The van der Waals surface area contributed by atoms with Crippen molar-refractivity contribution in [2.75, 3.05) is 24.4 Å². The lowest BCUT2D eigenvalue weighted by molar-refractivity contribution is 0.0692. The fourth-order valence-corrected chi connectivity index (χ4v) is 3.25. The fourth-order valence-electron chi connectivity index (χ4n) is 2.33. The van der Waals surface area contributed by atoms with Gasteiger partial charge in [0, 0.05) is 13.1 Å². The average molecular weight is 374 g/mol. The van der Waals surface area contributed by atoms with Crippen molar-refractivity contribution in [1.29, 1.82) is 0 Å². The van der Waals surface area contributed by atoms with Crippen molar-refractivity contribution in [3.8, 4) is 5.75 Å². The van der Waals surface area contributed by atoms with E-state index in [4.69, 9.17) is 14.3 Å². The number of carbonyl (C=O) groups is 2. The first-order valence-electron chi connectivity index (χ1n) is 7.39. The van der Waals surface area contributed by atoms with Crippen LogP contribution in [0.25, 0.3) is 10.3 Å². The summed E-state index contributed by atoms with van der Waals surface area (Å²) < 4.78 is 10.7. The molecule has 26 heavy (non-hydrogen) atoms. The van der Waals surface area contributed by atoms with Crippen molar-refractivity contribution in [1.82, 2.24) is 0 Å².